The second-order valence-corrected chi connectivity index (χ2v) is 7.43. The number of piperidine rings is 1. The Morgan fingerprint density at radius 1 is 1.11 bits per heavy atom. The summed E-state index contributed by atoms with van der Waals surface area (Å²) in [6, 6.07) is 0.686. The summed E-state index contributed by atoms with van der Waals surface area (Å²) in [4.78, 5) is 2.66. The van der Waals surface area contributed by atoms with E-state index < -0.39 is 0 Å². The molecule has 0 bridgehead atoms. The second kappa shape index (κ2) is 6.58. The van der Waals surface area contributed by atoms with Crippen molar-refractivity contribution in [1.82, 2.24) is 4.90 Å². The van der Waals surface area contributed by atoms with Gasteiger partial charge in [-0.3, -0.25) is 4.90 Å². The Balaban J connectivity index is 1.94. The summed E-state index contributed by atoms with van der Waals surface area (Å²) in [5.74, 6) is 2.97. The molecular formula is C17H33NO. The molecule has 0 aromatic rings. The molecule has 112 valence electrons. The van der Waals surface area contributed by atoms with Gasteiger partial charge in [-0.05, 0) is 56.3 Å². The SMILES string of the molecule is CCC1CCC(O)C(CN2CC(C)CC(C)C2C)C1. The van der Waals surface area contributed by atoms with E-state index in [4.69, 9.17) is 0 Å². The van der Waals surface area contributed by atoms with Crippen LogP contribution in [0.1, 0.15) is 59.8 Å². The van der Waals surface area contributed by atoms with Gasteiger partial charge in [-0.2, -0.15) is 0 Å². The number of hydrogen-bond acceptors (Lipinski definition) is 2. The molecule has 1 saturated carbocycles. The standard InChI is InChI=1S/C17H33NO/c1-5-15-6-7-17(19)16(9-15)11-18-10-12(2)8-13(3)14(18)4/h12-17,19H,5-11H2,1-4H3. The molecule has 0 spiro atoms. The fourth-order valence-electron chi connectivity index (χ4n) is 4.29. The fraction of sp³-hybridized carbons (Fsp3) is 1.00. The number of nitrogens with zero attached hydrogens (tertiary/aromatic N) is 1. The Morgan fingerprint density at radius 2 is 1.84 bits per heavy atom. The monoisotopic (exact) mass is 267 g/mol. The van der Waals surface area contributed by atoms with E-state index in [9.17, 15) is 5.11 Å². The molecule has 19 heavy (non-hydrogen) atoms. The Labute approximate surface area is 119 Å². The quantitative estimate of drug-likeness (QED) is 0.845. The summed E-state index contributed by atoms with van der Waals surface area (Å²) in [6.07, 6.45) is 6.09. The molecule has 0 amide bonds. The highest BCUT2D eigenvalue weighted by atomic mass is 16.3. The first-order valence-corrected chi connectivity index (χ1v) is 8.43. The third-order valence-electron chi connectivity index (χ3n) is 5.82. The van der Waals surface area contributed by atoms with E-state index in [1.165, 1.54) is 32.2 Å². The molecule has 2 fully saturated rings. The average Bonchev–Trinajstić information content (AvgIpc) is 2.38. The van der Waals surface area contributed by atoms with Gasteiger partial charge in [0, 0.05) is 19.1 Å². The molecule has 6 unspecified atom stereocenters. The van der Waals surface area contributed by atoms with Crippen molar-refractivity contribution >= 4 is 0 Å². The zero-order valence-corrected chi connectivity index (χ0v) is 13.3. The first-order chi connectivity index (χ1) is 9.01. The van der Waals surface area contributed by atoms with Crippen molar-refractivity contribution in [3.8, 4) is 0 Å². The largest absolute Gasteiger partial charge is 0.393 e. The molecule has 1 N–H and O–H groups in total. The minimum Gasteiger partial charge on any atom is -0.393 e. The van der Waals surface area contributed by atoms with Crippen LogP contribution in [0, 0.1) is 23.7 Å². The molecule has 0 aromatic carbocycles. The molecule has 6 atom stereocenters. The number of aliphatic hydroxyl groups excluding tert-OH is 1. The fourth-order valence-corrected chi connectivity index (χ4v) is 4.29. The topological polar surface area (TPSA) is 23.5 Å². The Morgan fingerprint density at radius 3 is 2.53 bits per heavy atom. The van der Waals surface area contributed by atoms with Gasteiger partial charge in [0.25, 0.3) is 0 Å². The number of likely N-dealkylation sites (tertiary alicyclic amines) is 1. The minimum absolute atomic E-state index is 0.0532. The molecule has 2 rings (SSSR count). The Bertz CT molecular complexity index is 280. The number of rotatable bonds is 3. The summed E-state index contributed by atoms with van der Waals surface area (Å²) in [5, 5.41) is 10.3. The van der Waals surface area contributed by atoms with E-state index in [0.717, 1.165) is 30.7 Å². The van der Waals surface area contributed by atoms with Crippen molar-refractivity contribution in [2.45, 2.75) is 71.9 Å². The van der Waals surface area contributed by atoms with Crippen LogP contribution in [0.3, 0.4) is 0 Å². The van der Waals surface area contributed by atoms with Crippen LogP contribution >= 0.6 is 0 Å². The van der Waals surface area contributed by atoms with Crippen LogP contribution < -0.4 is 0 Å². The molecule has 1 aliphatic carbocycles. The molecule has 2 nitrogen and oxygen atoms in total. The van der Waals surface area contributed by atoms with Crippen LogP contribution in [0.2, 0.25) is 0 Å². The highest BCUT2D eigenvalue weighted by Gasteiger charge is 2.34. The average molecular weight is 267 g/mol. The van der Waals surface area contributed by atoms with Gasteiger partial charge in [-0.1, -0.05) is 27.2 Å². The van der Waals surface area contributed by atoms with Crippen molar-refractivity contribution in [2.24, 2.45) is 23.7 Å². The van der Waals surface area contributed by atoms with Crippen LogP contribution in [0.25, 0.3) is 0 Å². The van der Waals surface area contributed by atoms with Gasteiger partial charge in [0.05, 0.1) is 6.10 Å². The third kappa shape index (κ3) is 3.72. The molecular weight excluding hydrogens is 234 g/mol. The van der Waals surface area contributed by atoms with Crippen molar-refractivity contribution in [3.63, 3.8) is 0 Å². The summed E-state index contributed by atoms with van der Waals surface area (Å²) in [5.41, 5.74) is 0. The minimum atomic E-state index is -0.0532. The summed E-state index contributed by atoms with van der Waals surface area (Å²) < 4.78 is 0. The highest BCUT2D eigenvalue weighted by Crippen LogP contribution is 2.34. The third-order valence-corrected chi connectivity index (χ3v) is 5.82. The molecule has 1 aliphatic heterocycles. The van der Waals surface area contributed by atoms with E-state index in [2.05, 4.69) is 32.6 Å². The van der Waals surface area contributed by atoms with E-state index >= 15 is 0 Å². The lowest BCUT2D eigenvalue weighted by Crippen LogP contribution is -2.49. The maximum Gasteiger partial charge on any atom is 0.0580 e. The van der Waals surface area contributed by atoms with Crippen molar-refractivity contribution in [2.75, 3.05) is 13.1 Å². The molecule has 2 heteroatoms. The van der Waals surface area contributed by atoms with Crippen LogP contribution in [-0.4, -0.2) is 35.2 Å². The zero-order chi connectivity index (χ0) is 14.0. The summed E-state index contributed by atoms with van der Waals surface area (Å²) in [6.45, 7) is 11.8. The van der Waals surface area contributed by atoms with Crippen LogP contribution in [0.5, 0.6) is 0 Å². The van der Waals surface area contributed by atoms with E-state index in [0.29, 0.717) is 12.0 Å². The van der Waals surface area contributed by atoms with Gasteiger partial charge in [0.1, 0.15) is 0 Å². The van der Waals surface area contributed by atoms with Crippen LogP contribution in [-0.2, 0) is 0 Å². The first kappa shape index (κ1) is 15.3. The summed E-state index contributed by atoms with van der Waals surface area (Å²) in [7, 11) is 0. The number of aliphatic hydroxyl groups is 1. The van der Waals surface area contributed by atoms with E-state index in [1.54, 1.807) is 0 Å². The Hall–Kier alpha value is -0.0800. The maximum atomic E-state index is 10.3. The normalized spacial score (nSPS) is 45.3. The highest BCUT2D eigenvalue weighted by molar-refractivity contribution is 4.87. The second-order valence-electron chi connectivity index (χ2n) is 7.43. The van der Waals surface area contributed by atoms with Crippen molar-refractivity contribution in [3.05, 3.63) is 0 Å². The van der Waals surface area contributed by atoms with Gasteiger partial charge < -0.3 is 5.11 Å². The smallest absolute Gasteiger partial charge is 0.0580 e. The van der Waals surface area contributed by atoms with Gasteiger partial charge in [-0.15, -0.1) is 0 Å². The maximum absolute atomic E-state index is 10.3. The Kier molecular flexibility index (Phi) is 5.30. The number of hydrogen-bond donors (Lipinski definition) is 1. The molecule has 2 aliphatic rings. The van der Waals surface area contributed by atoms with Crippen molar-refractivity contribution in [1.29, 1.82) is 0 Å². The molecule has 0 aromatic heterocycles. The lowest BCUT2D eigenvalue weighted by molar-refractivity contribution is -0.00362. The predicted molar refractivity (Wildman–Crippen MR) is 81.1 cm³/mol. The molecule has 0 radical (unpaired) electrons. The summed E-state index contributed by atoms with van der Waals surface area (Å²) >= 11 is 0. The van der Waals surface area contributed by atoms with E-state index in [-0.39, 0.29) is 6.10 Å². The lowest BCUT2D eigenvalue weighted by atomic mass is 9.77. The van der Waals surface area contributed by atoms with Crippen LogP contribution in [0.15, 0.2) is 0 Å². The predicted octanol–water partition coefficient (Wildman–Crippen LogP) is 3.54. The zero-order valence-electron chi connectivity index (χ0n) is 13.3. The van der Waals surface area contributed by atoms with Gasteiger partial charge in [0.15, 0.2) is 0 Å². The van der Waals surface area contributed by atoms with Gasteiger partial charge in [0.2, 0.25) is 0 Å². The molecule has 1 heterocycles. The molecule has 1 saturated heterocycles. The van der Waals surface area contributed by atoms with E-state index in [1.807, 2.05) is 0 Å². The van der Waals surface area contributed by atoms with Crippen LogP contribution in [0.4, 0.5) is 0 Å². The van der Waals surface area contributed by atoms with Gasteiger partial charge >= 0.3 is 0 Å². The lowest BCUT2D eigenvalue weighted by Gasteiger charge is -2.44. The van der Waals surface area contributed by atoms with Gasteiger partial charge in [-0.25, -0.2) is 0 Å². The van der Waals surface area contributed by atoms with Crippen molar-refractivity contribution < 1.29 is 5.11 Å². The first-order valence-electron chi connectivity index (χ1n) is 8.43.